The Hall–Kier alpha value is -1.53. The van der Waals surface area contributed by atoms with Gasteiger partial charge in [0.25, 0.3) is 5.91 Å². The van der Waals surface area contributed by atoms with Crippen LogP contribution in [0.3, 0.4) is 0 Å². The van der Waals surface area contributed by atoms with E-state index in [9.17, 15) is 9.59 Å². The second-order valence-corrected chi connectivity index (χ2v) is 5.37. The Balaban J connectivity index is 2.23. The number of carboxylic acids is 1. The lowest BCUT2D eigenvalue weighted by Crippen LogP contribution is -2.49. The highest BCUT2D eigenvalue weighted by molar-refractivity contribution is 7.98. The van der Waals surface area contributed by atoms with E-state index in [1.807, 2.05) is 24.5 Å². The number of hydrogen-bond donors (Lipinski definition) is 1. The summed E-state index contributed by atoms with van der Waals surface area (Å²) in [6.45, 7) is 1.16. The minimum absolute atomic E-state index is 0.0901. The number of hydrogen-bond acceptors (Lipinski definition) is 4. The molecule has 1 fully saturated rings. The van der Waals surface area contributed by atoms with Crippen molar-refractivity contribution in [3.63, 3.8) is 0 Å². The molecule has 0 radical (unpaired) electrons. The molecule has 1 heterocycles. The highest BCUT2D eigenvalue weighted by Gasteiger charge is 2.30. The van der Waals surface area contributed by atoms with Gasteiger partial charge in [0.2, 0.25) is 0 Å². The Kier molecular flexibility index (Phi) is 5.03. The molecule has 1 aliphatic rings. The third-order valence-electron chi connectivity index (χ3n) is 3.24. The van der Waals surface area contributed by atoms with Crippen LogP contribution in [-0.2, 0) is 9.53 Å². The molecule has 1 atom stereocenters. The Morgan fingerprint density at radius 2 is 2.20 bits per heavy atom. The van der Waals surface area contributed by atoms with Gasteiger partial charge in [0.15, 0.2) is 0 Å². The first kappa shape index (κ1) is 14.9. The highest BCUT2D eigenvalue weighted by Crippen LogP contribution is 2.23. The summed E-state index contributed by atoms with van der Waals surface area (Å²) in [7, 11) is 0. The van der Waals surface area contributed by atoms with Gasteiger partial charge >= 0.3 is 5.97 Å². The molecule has 0 spiro atoms. The second-order valence-electron chi connectivity index (χ2n) is 4.53. The Labute approximate surface area is 121 Å². The fourth-order valence-corrected chi connectivity index (χ4v) is 2.86. The molecular formula is C14H17NO4S. The van der Waals surface area contributed by atoms with Crippen LogP contribution in [0.2, 0.25) is 0 Å². The summed E-state index contributed by atoms with van der Waals surface area (Å²) in [5.74, 6) is -1.04. The number of aliphatic carboxylic acids is 1. The van der Waals surface area contributed by atoms with Crippen LogP contribution >= 0.6 is 11.8 Å². The third kappa shape index (κ3) is 3.32. The molecule has 1 aliphatic heterocycles. The molecule has 0 saturated carbocycles. The van der Waals surface area contributed by atoms with Gasteiger partial charge in [-0.2, -0.15) is 0 Å². The monoisotopic (exact) mass is 295 g/mol. The number of rotatable bonds is 4. The van der Waals surface area contributed by atoms with Gasteiger partial charge in [-0.25, -0.2) is 0 Å². The van der Waals surface area contributed by atoms with Crippen LogP contribution in [0.1, 0.15) is 16.8 Å². The molecule has 108 valence electrons. The first-order valence-electron chi connectivity index (χ1n) is 6.37. The molecule has 1 saturated heterocycles. The SMILES string of the molecule is CSc1ccccc1C(=O)N1CCOCC1CC(=O)O. The Morgan fingerprint density at radius 1 is 1.45 bits per heavy atom. The quantitative estimate of drug-likeness (QED) is 0.857. The molecule has 20 heavy (non-hydrogen) atoms. The maximum Gasteiger partial charge on any atom is 0.305 e. The van der Waals surface area contributed by atoms with Gasteiger partial charge in [0.05, 0.1) is 31.2 Å². The summed E-state index contributed by atoms with van der Waals surface area (Å²) in [5, 5.41) is 8.94. The normalized spacial score (nSPS) is 18.9. The van der Waals surface area contributed by atoms with E-state index < -0.39 is 12.0 Å². The van der Waals surface area contributed by atoms with Gasteiger partial charge < -0.3 is 14.7 Å². The maximum absolute atomic E-state index is 12.6. The van der Waals surface area contributed by atoms with Crippen molar-refractivity contribution in [2.75, 3.05) is 26.0 Å². The number of carbonyl (C=O) groups is 2. The lowest BCUT2D eigenvalue weighted by Gasteiger charge is -2.35. The number of amides is 1. The number of morpholine rings is 1. The summed E-state index contributed by atoms with van der Waals surface area (Å²) < 4.78 is 5.29. The van der Waals surface area contributed by atoms with Crippen LogP contribution < -0.4 is 0 Å². The lowest BCUT2D eigenvalue weighted by atomic mass is 10.1. The number of thioether (sulfide) groups is 1. The van der Waals surface area contributed by atoms with Crippen molar-refractivity contribution in [2.24, 2.45) is 0 Å². The average molecular weight is 295 g/mol. The summed E-state index contributed by atoms with van der Waals surface area (Å²) in [6.07, 6.45) is 1.83. The van der Waals surface area contributed by atoms with Crippen LogP contribution in [0.25, 0.3) is 0 Å². The summed E-state index contributed by atoms with van der Waals surface area (Å²) in [6, 6.07) is 6.98. The van der Waals surface area contributed by atoms with Crippen LogP contribution in [0.15, 0.2) is 29.2 Å². The average Bonchev–Trinajstić information content (AvgIpc) is 2.46. The first-order valence-corrected chi connectivity index (χ1v) is 7.59. The predicted molar refractivity (Wildman–Crippen MR) is 76.1 cm³/mol. The molecule has 1 unspecified atom stereocenters. The largest absolute Gasteiger partial charge is 0.481 e. The van der Waals surface area contributed by atoms with Gasteiger partial charge in [-0.3, -0.25) is 9.59 Å². The number of carboxylic acid groups (broad SMARTS) is 1. The number of nitrogens with zero attached hydrogens (tertiary/aromatic N) is 1. The second kappa shape index (κ2) is 6.76. The van der Waals surface area contributed by atoms with Crippen molar-refractivity contribution in [1.29, 1.82) is 0 Å². The van der Waals surface area contributed by atoms with Crippen LogP contribution in [0.5, 0.6) is 0 Å². The van der Waals surface area contributed by atoms with Crippen LogP contribution in [-0.4, -0.2) is 53.9 Å². The maximum atomic E-state index is 12.6. The van der Waals surface area contributed by atoms with Crippen molar-refractivity contribution < 1.29 is 19.4 Å². The zero-order valence-electron chi connectivity index (χ0n) is 11.2. The van der Waals surface area contributed by atoms with Gasteiger partial charge in [0, 0.05) is 11.4 Å². The molecule has 1 aromatic rings. The molecule has 1 amide bonds. The van der Waals surface area contributed by atoms with Crippen molar-refractivity contribution in [1.82, 2.24) is 4.90 Å². The zero-order chi connectivity index (χ0) is 14.5. The van der Waals surface area contributed by atoms with Crippen molar-refractivity contribution in [3.8, 4) is 0 Å². The van der Waals surface area contributed by atoms with Crippen LogP contribution in [0.4, 0.5) is 0 Å². The number of ether oxygens (including phenoxy) is 1. The van der Waals surface area contributed by atoms with E-state index in [4.69, 9.17) is 9.84 Å². The van der Waals surface area contributed by atoms with E-state index >= 15 is 0 Å². The van der Waals surface area contributed by atoms with Crippen molar-refractivity contribution in [3.05, 3.63) is 29.8 Å². The highest BCUT2D eigenvalue weighted by atomic mass is 32.2. The van der Waals surface area contributed by atoms with E-state index in [0.717, 1.165) is 4.90 Å². The minimum Gasteiger partial charge on any atom is -0.481 e. The fourth-order valence-electron chi connectivity index (χ4n) is 2.27. The van der Waals surface area contributed by atoms with E-state index in [-0.39, 0.29) is 18.9 Å². The lowest BCUT2D eigenvalue weighted by molar-refractivity contribution is -0.139. The fraction of sp³-hybridized carbons (Fsp3) is 0.429. The Bertz CT molecular complexity index is 506. The molecular weight excluding hydrogens is 278 g/mol. The standard InChI is InChI=1S/C14H17NO4S/c1-20-12-5-3-2-4-11(12)14(18)15-6-7-19-9-10(15)8-13(16)17/h2-5,10H,6-9H2,1H3,(H,16,17). The summed E-state index contributed by atoms with van der Waals surface area (Å²) >= 11 is 1.51. The van der Waals surface area contributed by atoms with Crippen molar-refractivity contribution in [2.45, 2.75) is 17.4 Å². The zero-order valence-corrected chi connectivity index (χ0v) is 12.1. The van der Waals surface area contributed by atoms with Gasteiger partial charge in [0.1, 0.15) is 0 Å². The van der Waals surface area contributed by atoms with Crippen molar-refractivity contribution >= 4 is 23.6 Å². The third-order valence-corrected chi connectivity index (χ3v) is 4.03. The van der Waals surface area contributed by atoms with E-state index in [0.29, 0.717) is 18.7 Å². The summed E-state index contributed by atoms with van der Waals surface area (Å²) in [5.41, 5.74) is 0.622. The van der Waals surface area contributed by atoms with E-state index in [1.54, 1.807) is 11.0 Å². The first-order chi connectivity index (χ1) is 9.63. The molecule has 1 N–H and O–H groups in total. The number of carbonyl (C=O) groups excluding carboxylic acids is 1. The van der Waals surface area contributed by atoms with Gasteiger partial charge in [-0.1, -0.05) is 12.1 Å². The smallest absolute Gasteiger partial charge is 0.305 e. The molecule has 2 rings (SSSR count). The summed E-state index contributed by atoms with van der Waals surface area (Å²) in [4.78, 5) is 26.1. The predicted octanol–water partition coefficient (Wildman–Crippen LogP) is 1.72. The molecule has 0 aromatic heterocycles. The van der Waals surface area contributed by atoms with Crippen LogP contribution in [0, 0.1) is 0 Å². The topological polar surface area (TPSA) is 66.8 Å². The number of benzene rings is 1. The minimum atomic E-state index is -0.920. The molecule has 1 aromatic carbocycles. The molecule has 0 bridgehead atoms. The van der Waals surface area contributed by atoms with E-state index in [1.165, 1.54) is 11.8 Å². The molecule has 6 heteroatoms. The van der Waals surface area contributed by atoms with Gasteiger partial charge in [-0.05, 0) is 18.4 Å². The van der Waals surface area contributed by atoms with Gasteiger partial charge in [-0.15, -0.1) is 11.8 Å². The Morgan fingerprint density at radius 3 is 2.90 bits per heavy atom. The molecule has 5 nitrogen and oxygen atoms in total. The van der Waals surface area contributed by atoms with E-state index in [2.05, 4.69) is 0 Å². The molecule has 0 aliphatic carbocycles.